The van der Waals surface area contributed by atoms with E-state index in [1.165, 1.54) is 12.7 Å². The molecule has 0 aliphatic heterocycles. The lowest BCUT2D eigenvalue weighted by Gasteiger charge is -2.33. The number of nitrogens with zero attached hydrogens (tertiary/aromatic N) is 1. The van der Waals surface area contributed by atoms with Crippen LogP contribution in [0.2, 0.25) is 0 Å². The van der Waals surface area contributed by atoms with Crippen molar-refractivity contribution in [3.05, 3.63) is 83.8 Å². The lowest BCUT2D eigenvalue weighted by Crippen LogP contribution is -2.46. The lowest BCUT2D eigenvalue weighted by molar-refractivity contribution is -0.127. The minimum atomic E-state index is -0.894. The Kier molecular flexibility index (Phi) is 8.08. The van der Waals surface area contributed by atoms with Crippen molar-refractivity contribution in [1.82, 2.24) is 10.2 Å². The third-order valence-electron chi connectivity index (χ3n) is 6.42. The monoisotopic (exact) mass is 476 g/mol. The van der Waals surface area contributed by atoms with Crippen LogP contribution in [-0.2, 0) is 11.3 Å². The van der Waals surface area contributed by atoms with Crippen molar-refractivity contribution in [3.63, 3.8) is 0 Å². The number of rotatable bonds is 9. The predicted octanol–water partition coefficient (Wildman–Crippen LogP) is 5.13. The van der Waals surface area contributed by atoms with Crippen molar-refractivity contribution < 1.29 is 23.5 Å². The molecular formula is C28H32N2O5. The van der Waals surface area contributed by atoms with E-state index in [0.29, 0.717) is 17.1 Å². The number of ether oxygens (including phenoxy) is 2. The number of hydrogen-bond donors (Lipinski definition) is 1. The van der Waals surface area contributed by atoms with Crippen molar-refractivity contribution in [1.29, 1.82) is 0 Å². The van der Waals surface area contributed by atoms with Gasteiger partial charge in [0.05, 0.1) is 20.5 Å². The van der Waals surface area contributed by atoms with E-state index in [-0.39, 0.29) is 30.2 Å². The first-order valence-corrected chi connectivity index (χ1v) is 12.0. The molecule has 7 heteroatoms. The molecule has 1 atom stereocenters. The molecule has 3 aromatic rings. The predicted molar refractivity (Wildman–Crippen MR) is 132 cm³/mol. The largest absolute Gasteiger partial charge is 0.493 e. The van der Waals surface area contributed by atoms with Gasteiger partial charge in [-0.25, -0.2) is 0 Å². The molecule has 184 valence electrons. The molecule has 1 aliphatic carbocycles. The van der Waals surface area contributed by atoms with Gasteiger partial charge in [0.1, 0.15) is 6.04 Å². The van der Waals surface area contributed by atoms with Crippen LogP contribution in [0.1, 0.15) is 59.8 Å². The summed E-state index contributed by atoms with van der Waals surface area (Å²) in [6.07, 6.45) is 6.70. The van der Waals surface area contributed by atoms with Gasteiger partial charge in [-0.3, -0.25) is 9.59 Å². The number of amides is 2. The van der Waals surface area contributed by atoms with Crippen molar-refractivity contribution >= 4 is 11.8 Å². The first-order valence-electron chi connectivity index (χ1n) is 12.0. The second-order valence-corrected chi connectivity index (χ2v) is 8.76. The fraction of sp³-hybridized carbons (Fsp3) is 0.357. The summed E-state index contributed by atoms with van der Waals surface area (Å²) in [7, 11) is 3.11. The van der Waals surface area contributed by atoms with Gasteiger partial charge in [-0.2, -0.15) is 0 Å². The maximum absolute atomic E-state index is 13.9. The number of nitrogens with one attached hydrogen (secondary N) is 1. The summed E-state index contributed by atoms with van der Waals surface area (Å²) >= 11 is 0. The zero-order valence-electron chi connectivity index (χ0n) is 20.2. The maximum Gasteiger partial charge on any atom is 0.290 e. The van der Waals surface area contributed by atoms with Crippen molar-refractivity contribution in [2.24, 2.45) is 0 Å². The summed E-state index contributed by atoms with van der Waals surface area (Å²) in [4.78, 5) is 29.1. The van der Waals surface area contributed by atoms with E-state index in [2.05, 4.69) is 5.32 Å². The van der Waals surface area contributed by atoms with Gasteiger partial charge in [0, 0.05) is 12.6 Å². The number of hydrogen-bond acceptors (Lipinski definition) is 5. The molecule has 1 saturated carbocycles. The van der Waals surface area contributed by atoms with Gasteiger partial charge in [0.2, 0.25) is 5.91 Å². The molecule has 0 unspecified atom stereocenters. The SMILES string of the molecule is COc1ccc([C@@H](C(=O)NC2CCCCC2)N(Cc2ccccc2)C(=O)c2ccco2)cc1OC. The van der Waals surface area contributed by atoms with Crippen LogP contribution in [0.25, 0.3) is 0 Å². The summed E-state index contributed by atoms with van der Waals surface area (Å²) in [5.74, 6) is 0.634. The highest BCUT2D eigenvalue weighted by molar-refractivity contribution is 5.96. The maximum atomic E-state index is 13.9. The smallest absolute Gasteiger partial charge is 0.290 e. The van der Waals surface area contributed by atoms with Gasteiger partial charge in [-0.1, -0.05) is 55.7 Å². The average molecular weight is 477 g/mol. The van der Waals surface area contributed by atoms with E-state index < -0.39 is 6.04 Å². The van der Waals surface area contributed by atoms with Crippen LogP contribution in [0.15, 0.2) is 71.3 Å². The molecule has 1 fully saturated rings. The van der Waals surface area contributed by atoms with Gasteiger partial charge < -0.3 is 24.1 Å². The van der Waals surface area contributed by atoms with Crippen LogP contribution in [-0.4, -0.2) is 37.0 Å². The van der Waals surface area contributed by atoms with E-state index in [0.717, 1.165) is 31.2 Å². The minimum Gasteiger partial charge on any atom is -0.493 e. The second-order valence-electron chi connectivity index (χ2n) is 8.76. The number of carbonyl (C=O) groups excluding carboxylic acids is 2. The Morgan fingerprint density at radius 3 is 2.37 bits per heavy atom. The van der Waals surface area contributed by atoms with Crippen LogP contribution in [0.4, 0.5) is 0 Å². The summed E-state index contributed by atoms with van der Waals surface area (Å²) in [6.45, 7) is 0.234. The van der Waals surface area contributed by atoms with Gasteiger partial charge in [-0.15, -0.1) is 0 Å². The van der Waals surface area contributed by atoms with Gasteiger partial charge in [0.15, 0.2) is 17.3 Å². The number of methoxy groups -OCH3 is 2. The Morgan fingerprint density at radius 2 is 1.71 bits per heavy atom. The highest BCUT2D eigenvalue weighted by atomic mass is 16.5. The van der Waals surface area contributed by atoms with Crippen molar-refractivity contribution in [3.8, 4) is 11.5 Å². The number of carbonyl (C=O) groups is 2. The molecule has 0 saturated heterocycles. The molecule has 1 heterocycles. The van der Waals surface area contributed by atoms with Crippen LogP contribution in [0.3, 0.4) is 0 Å². The molecule has 1 aliphatic rings. The molecule has 4 rings (SSSR count). The first-order chi connectivity index (χ1) is 17.1. The Morgan fingerprint density at radius 1 is 0.971 bits per heavy atom. The minimum absolute atomic E-state index is 0.0937. The summed E-state index contributed by atoms with van der Waals surface area (Å²) in [5.41, 5.74) is 1.54. The van der Waals surface area contributed by atoms with Crippen molar-refractivity contribution in [2.75, 3.05) is 14.2 Å². The van der Waals surface area contributed by atoms with Crippen LogP contribution >= 0.6 is 0 Å². The zero-order valence-corrected chi connectivity index (χ0v) is 20.2. The standard InChI is InChI=1S/C28H32N2O5/c1-33-23-16-15-21(18-25(23)34-2)26(27(31)29-22-12-7-4-8-13-22)30(19-20-10-5-3-6-11-20)28(32)24-14-9-17-35-24/h3,5-6,9-11,14-18,22,26H,4,7-8,12-13,19H2,1-2H3,(H,29,31)/t26-/m0/s1. The molecule has 35 heavy (non-hydrogen) atoms. The van der Waals surface area contributed by atoms with Gasteiger partial charge in [-0.05, 0) is 48.2 Å². The molecule has 0 spiro atoms. The van der Waals surface area contributed by atoms with E-state index in [4.69, 9.17) is 13.9 Å². The Balaban J connectivity index is 1.76. The molecule has 0 bridgehead atoms. The van der Waals surface area contributed by atoms with E-state index in [1.807, 2.05) is 30.3 Å². The highest BCUT2D eigenvalue weighted by Crippen LogP contribution is 2.34. The third-order valence-corrected chi connectivity index (χ3v) is 6.42. The van der Waals surface area contributed by atoms with Crippen LogP contribution in [0.5, 0.6) is 11.5 Å². The normalized spacial score (nSPS) is 14.7. The highest BCUT2D eigenvalue weighted by Gasteiger charge is 2.35. The Hall–Kier alpha value is -3.74. The Labute approximate surface area is 206 Å². The summed E-state index contributed by atoms with van der Waals surface area (Å²) in [5, 5.41) is 3.21. The Bertz CT molecular complexity index is 1110. The molecule has 0 radical (unpaired) electrons. The van der Waals surface area contributed by atoms with Crippen LogP contribution in [0, 0.1) is 0 Å². The fourth-order valence-electron chi connectivity index (χ4n) is 4.63. The topological polar surface area (TPSA) is 81.0 Å². The molecular weight excluding hydrogens is 444 g/mol. The van der Waals surface area contributed by atoms with E-state index in [1.54, 1.807) is 49.5 Å². The average Bonchev–Trinajstić information content (AvgIpc) is 3.44. The van der Waals surface area contributed by atoms with Gasteiger partial charge in [0.25, 0.3) is 5.91 Å². The number of benzene rings is 2. The second kappa shape index (κ2) is 11.6. The molecule has 1 N–H and O–H groups in total. The van der Waals surface area contributed by atoms with Crippen molar-refractivity contribution in [2.45, 2.75) is 50.7 Å². The summed E-state index contributed by atoms with van der Waals surface area (Å²) in [6, 6.07) is 17.4. The quantitative estimate of drug-likeness (QED) is 0.463. The molecule has 2 amide bonds. The molecule has 1 aromatic heterocycles. The van der Waals surface area contributed by atoms with E-state index >= 15 is 0 Å². The van der Waals surface area contributed by atoms with Crippen LogP contribution < -0.4 is 14.8 Å². The summed E-state index contributed by atoms with van der Waals surface area (Å²) < 4.78 is 16.3. The first kappa shape index (κ1) is 24.4. The number of furan rings is 1. The zero-order chi connectivity index (χ0) is 24.6. The van der Waals surface area contributed by atoms with Gasteiger partial charge >= 0.3 is 0 Å². The lowest BCUT2D eigenvalue weighted by atomic mass is 9.94. The molecule has 7 nitrogen and oxygen atoms in total. The third kappa shape index (κ3) is 5.85. The fourth-order valence-corrected chi connectivity index (χ4v) is 4.63. The molecule has 2 aromatic carbocycles. The van der Waals surface area contributed by atoms with E-state index in [9.17, 15) is 9.59 Å².